The van der Waals surface area contributed by atoms with Crippen molar-refractivity contribution < 1.29 is 4.74 Å². The zero-order chi connectivity index (χ0) is 13.5. The summed E-state index contributed by atoms with van der Waals surface area (Å²) in [5.74, 6) is 0. The number of rotatable bonds is 7. The number of hydrogen-bond donors (Lipinski definition) is 1. The highest BCUT2D eigenvalue weighted by Crippen LogP contribution is 2.24. The summed E-state index contributed by atoms with van der Waals surface area (Å²) in [7, 11) is 1.71. The molecule has 0 aliphatic rings. The van der Waals surface area contributed by atoms with Crippen molar-refractivity contribution in [2.45, 2.75) is 11.4 Å². The minimum absolute atomic E-state index is 0.731. The van der Waals surface area contributed by atoms with Crippen LogP contribution in [-0.4, -0.2) is 31.5 Å². The Kier molecular flexibility index (Phi) is 5.85. The molecule has 1 aromatic heterocycles. The monoisotopic (exact) mass is 294 g/mol. The molecule has 0 fully saturated rings. The smallest absolute Gasteiger partial charge is 0.107 e. The number of benzene rings is 1. The van der Waals surface area contributed by atoms with Crippen LogP contribution in [0.4, 0.5) is 0 Å². The summed E-state index contributed by atoms with van der Waals surface area (Å²) in [5.41, 5.74) is 2.23. The molecule has 1 heterocycles. The predicted molar refractivity (Wildman–Crippen MR) is 82.9 cm³/mol. The van der Waals surface area contributed by atoms with E-state index >= 15 is 0 Å². The maximum atomic E-state index is 4.99. The summed E-state index contributed by atoms with van der Waals surface area (Å²) in [4.78, 5) is 5.92. The van der Waals surface area contributed by atoms with Gasteiger partial charge in [0.15, 0.2) is 0 Å². The summed E-state index contributed by atoms with van der Waals surface area (Å²) in [6.07, 6.45) is 2.08. The van der Waals surface area contributed by atoms with Crippen LogP contribution in [0.2, 0.25) is 0 Å². The number of hydrogen-bond acceptors (Lipinski definition) is 5. The molecule has 5 heteroatoms. The molecule has 102 valence electrons. The Balaban J connectivity index is 1.95. The van der Waals surface area contributed by atoms with Gasteiger partial charge in [0.05, 0.1) is 12.3 Å². The van der Waals surface area contributed by atoms with Crippen molar-refractivity contribution in [3.63, 3.8) is 0 Å². The molecule has 0 bridgehead atoms. The summed E-state index contributed by atoms with van der Waals surface area (Å²) in [6.45, 7) is 2.39. The zero-order valence-electron chi connectivity index (χ0n) is 11.2. The Hall–Kier alpha value is -0.880. The second-order valence-corrected chi connectivity index (χ2v) is 5.85. The van der Waals surface area contributed by atoms with Gasteiger partial charge in [0.2, 0.25) is 0 Å². The van der Waals surface area contributed by atoms with Crippen molar-refractivity contribution in [2.75, 3.05) is 26.5 Å². The van der Waals surface area contributed by atoms with Crippen LogP contribution < -0.4 is 5.32 Å². The van der Waals surface area contributed by atoms with Crippen LogP contribution in [0.15, 0.2) is 34.5 Å². The molecule has 2 rings (SSSR count). The average molecular weight is 294 g/mol. The van der Waals surface area contributed by atoms with E-state index in [-0.39, 0.29) is 0 Å². The van der Waals surface area contributed by atoms with Crippen LogP contribution in [0.1, 0.15) is 5.01 Å². The molecule has 0 spiro atoms. The third kappa shape index (κ3) is 4.31. The maximum Gasteiger partial charge on any atom is 0.107 e. The van der Waals surface area contributed by atoms with Crippen LogP contribution >= 0.6 is 23.1 Å². The molecule has 19 heavy (non-hydrogen) atoms. The molecule has 0 atom stereocenters. The number of aromatic nitrogens is 1. The summed E-state index contributed by atoms with van der Waals surface area (Å²) < 4.78 is 4.99. The van der Waals surface area contributed by atoms with Gasteiger partial charge in [-0.05, 0) is 18.4 Å². The van der Waals surface area contributed by atoms with Crippen LogP contribution in [0, 0.1) is 0 Å². The molecule has 0 amide bonds. The van der Waals surface area contributed by atoms with Crippen LogP contribution in [0.5, 0.6) is 0 Å². The van der Waals surface area contributed by atoms with Gasteiger partial charge in [-0.2, -0.15) is 0 Å². The molecule has 1 aromatic carbocycles. The summed E-state index contributed by atoms with van der Waals surface area (Å²) in [5, 5.41) is 6.53. The molecule has 2 aromatic rings. The average Bonchev–Trinajstić information content (AvgIpc) is 2.92. The summed E-state index contributed by atoms with van der Waals surface area (Å²) in [6, 6.07) is 8.53. The fourth-order valence-electron chi connectivity index (χ4n) is 1.66. The van der Waals surface area contributed by atoms with E-state index in [9.17, 15) is 0 Å². The zero-order valence-corrected chi connectivity index (χ0v) is 12.8. The molecule has 0 radical (unpaired) electrons. The highest BCUT2D eigenvalue weighted by molar-refractivity contribution is 7.98. The Morgan fingerprint density at radius 3 is 2.79 bits per heavy atom. The van der Waals surface area contributed by atoms with E-state index in [0.717, 1.165) is 30.4 Å². The number of ether oxygens (including phenoxy) is 1. The molecule has 1 N–H and O–H groups in total. The van der Waals surface area contributed by atoms with Gasteiger partial charge in [0.25, 0.3) is 0 Å². The third-order valence-corrected chi connectivity index (χ3v) is 4.29. The van der Waals surface area contributed by atoms with E-state index in [1.165, 1.54) is 10.5 Å². The highest BCUT2D eigenvalue weighted by atomic mass is 32.2. The minimum Gasteiger partial charge on any atom is -0.383 e. The fourth-order valence-corrected chi connectivity index (χ4v) is 2.84. The van der Waals surface area contributed by atoms with Gasteiger partial charge in [-0.25, -0.2) is 4.98 Å². The molecule has 0 unspecified atom stereocenters. The first kappa shape index (κ1) is 14.5. The number of methoxy groups -OCH3 is 1. The molecule has 0 aliphatic heterocycles. The van der Waals surface area contributed by atoms with E-state index < -0.39 is 0 Å². The molecule has 0 saturated carbocycles. The van der Waals surface area contributed by atoms with Crippen molar-refractivity contribution in [3.05, 3.63) is 34.7 Å². The normalized spacial score (nSPS) is 10.8. The SMILES string of the molecule is COCCNCc1nc(-c2ccc(SC)cc2)cs1. The second-order valence-electron chi connectivity index (χ2n) is 4.02. The fraction of sp³-hybridized carbons (Fsp3) is 0.357. The Bertz CT molecular complexity index is 496. The van der Waals surface area contributed by atoms with E-state index in [2.05, 4.69) is 46.2 Å². The lowest BCUT2D eigenvalue weighted by atomic mass is 10.2. The van der Waals surface area contributed by atoms with Gasteiger partial charge in [-0.1, -0.05) is 12.1 Å². The Morgan fingerprint density at radius 2 is 2.11 bits per heavy atom. The van der Waals surface area contributed by atoms with Gasteiger partial charge in [0.1, 0.15) is 5.01 Å². The van der Waals surface area contributed by atoms with Gasteiger partial charge in [-0.15, -0.1) is 23.1 Å². The van der Waals surface area contributed by atoms with Crippen molar-refractivity contribution >= 4 is 23.1 Å². The van der Waals surface area contributed by atoms with E-state index in [1.807, 2.05) is 0 Å². The van der Waals surface area contributed by atoms with E-state index in [0.29, 0.717) is 0 Å². The third-order valence-electron chi connectivity index (χ3n) is 2.70. The first-order valence-electron chi connectivity index (χ1n) is 6.12. The van der Waals surface area contributed by atoms with E-state index in [4.69, 9.17) is 4.74 Å². The van der Waals surface area contributed by atoms with Gasteiger partial charge in [-0.3, -0.25) is 0 Å². The molecule has 0 aliphatic carbocycles. The Morgan fingerprint density at radius 1 is 1.32 bits per heavy atom. The van der Waals surface area contributed by atoms with Gasteiger partial charge < -0.3 is 10.1 Å². The van der Waals surface area contributed by atoms with Crippen molar-refractivity contribution in [2.24, 2.45) is 0 Å². The highest BCUT2D eigenvalue weighted by Gasteiger charge is 2.04. The molecule has 3 nitrogen and oxygen atoms in total. The first-order chi connectivity index (χ1) is 9.33. The lowest BCUT2D eigenvalue weighted by Crippen LogP contribution is -2.18. The molecule has 0 saturated heterocycles. The lowest BCUT2D eigenvalue weighted by Gasteiger charge is -2.01. The minimum atomic E-state index is 0.731. The van der Waals surface area contributed by atoms with Crippen molar-refractivity contribution in [3.8, 4) is 11.3 Å². The van der Waals surface area contributed by atoms with Crippen LogP contribution in [0.3, 0.4) is 0 Å². The van der Waals surface area contributed by atoms with Gasteiger partial charge >= 0.3 is 0 Å². The van der Waals surface area contributed by atoms with Crippen molar-refractivity contribution in [1.82, 2.24) is 10.3 Å². The standard InChI is InChI=1S/C14H18N2OS2/c1-17-8-7-15-9-14-16-13(10-19-14)11-3-5-12(18-2)6-4-11/h3-6,10,15H,7-9H2,1-2H3. The van der Waals surface area contributed by atoms with E-state index in [1.54, 1.807) is 30.2 Å². The molecular formula is C14H18N2OS2. The van der Waals surface area contributed by atoms with Crippen molar-refractivity contribution in [1.29, 1.82) is 0 Å². The number of thiazole rings is 1. The second kappa shape index (κ2) is 7.65. The largest absolute Gasteiger partial charge is 0.383 e. The summed E-state index contributed by atoms with van der Waals surface area (Å²) >= 11 is 3.45. The Labute approximate surface area is 122 Å². The predicted octanol–water partition coefficient (Wildman–Crippen LogP) is 3.27. The van der Waals surface area contributed by atoms with Crippen LogP contribution in [0.25, 0.3) is 11.3 Å². The quantitative estimate of drug-likeness (QED) is 0.628. The molecular weight excluding hydrogens is 276 g/mol. The number of nitrogens with zero attached hydrogens (tertiary/aromatic N) is 1. The lowest BCUT2D eigenvalue weighted by molar-refractivity contribution is 0.199. The number of nitrogens with one attached hydrogen (secondary N) is 1. The van der Waals surface area contributed by atoms with Crippen LogP contribution in [-0.2, 0) is 11.3 Å². The number of thioether (sulfide) groups is 1. The van der Waals surface area contributed by atoms with Gasteiger partial charge in [0, 0.05) is 36.0 Å². The maximum absolute atomic E-state index is 4.99. The topological polar surface area (TPSA) is 34.1 Å². The first-order valence-corrected chi connectivity index (χ1v) is 8.22.